The molecule has 3 heteroatoms. The minimum absolute atomic E-state index is 0.0841. The maximum absolute atomic E-state index is 11.7. The van der Waals surface area contributed by atoms with E-state index in [9.17, 15) is 4.79 Å². The molecule has 0 aliphatic heterocycles. The van der Waals surface area contributed by atoms with Crippen LogP contribution in [0.15, 0.2) is 0 Å². The fourth-order valence-corrected chi connectivity index (χ4v) is 1.03. The molecule has 0 radical (unpaired) electrons. The van der Waals surface area contributed by atoms with Gasteiger partial charge in [0.2, 0.25) is 5.91 Å². The van der Waals surface area contributed by atoms with Crippen molar-refractivity contribution in [1.82, 2.24) is 10.2 Å². The third-order valence-electron chi connectivity index (χ3n) is 2.16. The minimum Gasteiger partial charge on any atom is -0.345 e. The topological polar surface area (TPSA) is 32.3 Å². The van der Waals surface area contributed by atoms with Crippen LogP contribution in [0, 0.1) is 5.41 Å². The second kappa shape index (κ2) is 5.35. The molecule has 1 unspecified atom stereocenters. The van der Waals surface area contributed by atoms with E-state index >= 15 is 0 Å². The van der Waals surface area contributed by atoms with Crippen molar-refractivity contribution in [3.8, 4) is 0 Å². The molecule has 0 spiro atoms. The molecule has 0 aliphatic carbocycles. The summed E-state index contributed by atoms with van der Waals surface area (Å²) in [4.78, 5) is 13.4. The Morgan fingerprint density at radius 3 is 2.29 bits per heavy atom. The van der Waals surface area contributed by atoms with Gasteiger partial charge in [-0.25, -0.2) is 0 Å². The van der Waals surface area contributed by atoms with Gasteiger partial charge in [-0.1, -0.05) is 20.8 Å². The van der Waals surface area contributed by atoms with Gasteiger partial charge < -0.3 is 10.2 Å². The minimum atomic E-state index is -0.0841. The molecular weight excluding hydrogens is 176 g/mol. The summed E-state index contributed by atoms with van der Waals surface area (Å²) in [6.45, 7) is 12.0. The Kier molecular flexibility index (Phi) is 5.13. The molecule has 0 fully saturated rings. The molecular formula is C11H24N2O. The van der Waals surface area contributed by atoms with E-state index in [0.717, 1.165) is 13.1 Å². The molecule has 0 aromatic carbocycles. The average molecular weight is 200 g/mol. The smallest absolute Gasteiger partial charge is 0.239 e. The molecule has 0 aromatic heterocycles. The molecule has 3 nitrogen and oxygen atoms in total. The molecule has 84 valence electrons. The molecule has 0 bridgehead atoms. The van der Waals surface area contributed by atoms with Gasteiger partial charge in [0.05, 0.1) is 6.04 Å². The molecule has 1 amide bonds. The van der Waals surface area contributed by atoms with Crippen LogP contribution in [0.25, 0.3) is 0 Å². The fraction of sp³-hybridized carbons (Fsp3) is 0.909. The van der Waals surface area contributed by atoms with Crippen molar-refractivity contribution in [2.75, 3.05) is 20.1 Å². The van der Waals surface area contributed by atoms with Crippen molar-refractivity contribution in [2.45, 2.75) is 40.7 Å². The van der Waals surface area contributed by atoms with Gasteiger partial charge in [0.25, 0.3) is 0 Å². The Hall–Kier alpha value is -0.570. The van der Waals surface area contributed by atoms with Crippen LogP contribution in [-0.4, -0.2) is 37.0 Å². The number of nitrogens with zero attached hydrogens (tertiary/aromatic N) is 1. The summed E-state index contributed by atoms with van der Waals surface area (Å²) in [6.07, 6.45) is 0. The maximum Gasteiger partial charge on any atom is 0.239 e. The lowest BCUT2D eigenvalue weighted by atomic mass is 9.96. The van der Waals surface area contributed by atoms with Crippen LogP contribution < -0.4 is 5.32 Å². The summed E-state index contributed by atoms with van der Waals surface area (Å²) in [5, 5.41) is 3.25. The normalized spacial score (nSPS) is 13.9. The number of hydrogen-bond acceptors (Lipinski definition) is 2. The van der Waals surface area contributed by atoms with E-state index in [0.29, 0.717) is 0 Å². The molecule has 0 rings (SSSR count). The summed E-state index contributed by atoms with van der Waals surface area (Å²) < 4.78 is 0. The van der Waals surface area contributed by atoms with Crippen molar-refractivity contribution >= 4 is 5.91 Å². The summed E-state index contributed by atoms with van der Waals surface area (Å²) in [5.41, 5.74) is 0.222. The van der Waals surface area contributed by atoms with Crippen LogP contribution in [0.5, 0.6) is 0 Å². The lowest BCUT2D eigenvalue weighted by Crippen LogP contribution is -2.45. The van der Waals surface area contributed by atoms with E-state index < -0.39 is 0 Å². The third-order valence-corrected chi connectivity index (χ3v) is 2.16. The second-order valence-corrected chi connectivity index (χ2v) is 5.02. The van der Waals surface area contributed by atoms with Gasteiger partial charge >= 0.3 is 0 Å². The molecule has 0 heterocycles. The van der Waals surface area contributed by atoms with Crippen molar-refractivity contribution in [3.63, 3.8) is 0 Å². The monoisotopic (exact) mass is 200 g/mol. The summed E-state index contributed by atoms with van der Waals surface area (Å²) in [7, 11) is 1.83. The zero-order chi connectivity index (χ0) is 11.4. The van der Waals surface area contributed by atoms with E-state index in [4.69, 9.17) is 0 Å². The standard InChI is InChI=1S/C11H24N2O/c1-7-13(6)10(14)9(2)12-8-11(3,4)5/h9,12H,7-8H2,1-6H3. The Labute approximate surface area is 87.9 Å². The van der Waals surface area contributed by atoms with E-state index in [1.807, 2.05) is 20.9 Å². The van der Waals surface area contributed by atoms with Gasteiger partial charge in [-0.05, 0) is 19.3 Å². The van der Waals surface area contributed by atoms with Crippen LogP contribution in [0.4, 0.5) is 0 Å². The Balaban J connectivity index is 3.97. The summed E-state index contributed by atoms with van der Waals surface area (Å²) in [6, 6.07) is -0.0841. The first-order valence-corrected chi connectivity index (χ1v) is 5.26. The van der Waals surface area contributed by atoms with Crippen molar-refractivity contribution in [2.24, 2.45) is 5.41 Å². The van der Waals surface area contributed by atoms with E-state index in [1.165, 1.54) is 0 Å². The fourth-order valence-electron chi connectivity index (χ4n) is 1.03. The Bertz CT molecular complexity index is 184. The summed E-state index contributed by atoms with van der Waals surface area (Å²) in [5.74, 6) is 0.164. The third kappa shape index (κ3) is 5.22. The number of carbonyl (C=O) groups excluding carboxylic acids is 1. The molecule has 0 aromatic rings. The largest absolute Gasteiger partial charge is 0.345 e. The number of likely N-dealkylation sites (N-methyl/N-ethyl adjacent to an activating group) is 1. The van der Waals surface area contributed by atoms with Crippen LogP contribution >= 0.6 is 0 Å². The van der Waals surface area contributed by atoms with Crippen LogP contribution in [0.3, 0.4) is 0 Å². The predicted molar refractivity (Wildman–Crippen MR) is 60.2 cm³/mol. The van der Waals surface area contributed by atoms with E-state index in [-0.39, 0.29) is 17.4 Å². The number of hydrogen-bond donors (Lipinski definition) is 1. The van der Waals surface area contributed by atoms with Crippen LogP contribution in [-0.2, 0) is 4.79 Å². The highest BCUT2D eigenvalue weighted by molar-refractivity contribution is 5.81. The van der Waals surface area contributed by atoms with Gasteiger partial charge in [-0.2, -0.15) is 0 Å². The zero-order valence-electron chi connectivity index (χ0n) is 10.3. The van der Waals surface area contributed by atoms with E-state index in [1.54, 1.807) is 4.90 Å². The van der Waals surface area contributed by atoms with Gasteiger partial charge in [0, 0.05) is 20.1 Å². The van der Waals surface area contributed by atoms with Crippen molar-refractivity contribution < 1.29 is 4.79 Å². The molecule has 0 saturated heterocycles. The molecule has 1 N–H and O–H groups in total. The lowest BCUT2D eigenvalue weighted by molar-refractivity contribution is -0.131. The highest BCUT2D eigenvalue weighted by atomic mass is 16.2. The Morgan fingerprint density at radius 1 is 1.43 bits per heavy atom. The van der Waals surface area contributed by atoms with Crippen LogP contribution in [0.2, 0.25) is 0 Å². The van der Waals surface area contributed by atoms with Gasteiger partial charge in [-0.3, -0.25) is 4.79 Å². The number of carbonyl (C=O) groups is 1. The Morgan fingerprint density at radius 2 is 1.93 bits per heavy atom. The van der Waals surface area contributed by atoms with Gasteiger partial charge in [0.15, 0.2) is 0 Å². The quantitative estimate of drug-likeness (QED) is 0.745. The SMILES string of the molecule is CCN(C)C(=O)C(C)NCC(C)(C)C. The van der Waals surface area contributed by atoms with Crippen molar-refractivity contribution in [3.05, 3.63) is 0 Å². The molecule has 14 heavy (non-hydrogen) atoms. The van der Waals surface area contributed by atoms with Crippen LogP contribution in [0.1, 0.15) is 34.6 Å². The predicted octanol–water partition coefficient (Wildman–Crippen LogP) is 1.49. The van der Waals surface area contributed by atoms with E-state index in [2.05, 4.69) is 26.1 Å². The van der Waals surface area contributed by atoms with Crippen molar-refractivity contribution in [1.29, 1.82) is 0 Å². The first kappa shape index (κ1) is 13.4. The first-order chi connectivity index (χ1) is 6.28. The van der Waals surface area contributed by atoms with Gasteiger partial charge in [-0.15, -0.1) is 0 Å². The molecule has 0 saturated carbocycles. The number of amides is 1. The van der Waals surface area contributed by atoms with Gasteiger partial charge in [0.1, 0.15) is 0 Å². The number of nitrogens with one attached hydrogen (secondary N) is 1. The highest BCUT2D eigenvalue weighted by Crippen LogP contribution is 2.10. The summed E-state index contributed by atoms with van der Waals surface area (Å²) >= 11 is 0. The lowest BCUT2D eigenvalue weighted by Gasteiger charge is -2.25. The zero-order valence-corrected chi connectivity index (χ0v) is 10.3. The first-order valence-electron chi connectivity index (χ1n) is 5.26. The average Bonchev–Trinajstić information content (AvgIpc) is 2.10. The maximum atomic E-state index is 11.7. The number of rotatable bonds is 4. The second-order valence-electron chi connectivity index (χ2n) is 5.02. The molecule has 0 aliphatic rings. The molecule has 1 atom stereocenters. The highest BCUT2D eigenvalue weighted by Gasteiger charge is 2.18.